The molecule has 19 heavy (non-hydrogen) atoms. The molecule has 0 aromatic rings. The summed E-state index contributed by atoms with van der Waals surface area (Å²) in [4.78, 5) is 2.55. The van der Waals surface area contributed by atoms with Gasteiger partial charge in [-0.15, -0.1) is 0 Å². The minimum absolute atomic E-state index is 0.320. The van der Waals surface area contributed by atoms with E-state index in [1.165, 1.54) is 32.1 Å². The van der Waals surface area contributed by atoms with E-state index in [9.17, 15) is 5.11 Å². The molecule has 0 aromatic heterocycles. The molecule has 2 N–H and O–H groups in total. The highest BCUT2D eigenvalue weighted by Crippen LogP contribution is 2.33. The van der Waals surface area contributed by atoms with Crippen molar-refractivity contribution in [1.82, 2.24) is 10.2 Å². The molecule has 3 nitrogen and oxygen atoms in total. The topological polar surface area (TPSA) is 35.5 Å². The Kier molecular flexibility index (Phi) is 5.27. The van der Waals surface area contributed by atoms with Gasteiger partial charge in [-0.3, -0.25) is 4.90 Å². The van der Waals surface area contributed by atoms with E-state index in [2.05, 4.69) is 31.0 Å². The van der Waals surface area contributed by atoms with Crippen LogP contribution in [0.4, 0.5) is 0 Å². The third kappa shape index (κ3) is 3.71. The predicted molar refractivity (Wildman–Crippen MR) is 80.3 cm³/mol. The highest BCUT2D eigenvalue weighted by molar-refractivity contribution is 4.92. The Bertz CT molecular complexity index is 274. The Morgan fingerprint density at radius 3 is 2.42 bits per heavy atom. The van der Waals surface area contributed by atoms with Gasteiger partial charge < -0.3 is 10.4 Å². The van der Waals surface area contributed by atoms with Gasteiger partial charge in [-0.05, 0) is 50.0 Å². The molecule has 0 bridgehead atoms. The van der Waals surface area contributed by atoms with Crippen LogP contribution in [0.2, 0.25) is 0 Å². The first-order valence-electron chi connectivity index (χ1n) is 8.22. The molecule has 0 aromatic carbocycles. The largest absolute Gasteiger partial charge is 0.395 e. The summed E-state index contributed by atoms with van der Waals surface area (Å²) in [6.45, 7) is 10.7. The van der Waals surface area contributed by atoms with Crippen molar-refractivity contribution in [2.75, 3.05) is 26.2 Å². The van der Waals surface area contributed by atoms with E-state index in [0.29, 0.717) is 24.0 Å². The van der Waals surface area contributed by atoms with Gasteiger partial charge in [0, 0.05) is 25.2 Å². The van der Waals surface area contributed by atoms with Crippen LogP contribution in [0.1, 0.15) is 52.9 Å². The fraction of sp³-hybridized carbons (Fsp3) is 1.00. The smallest absolute Gasteiger partial charge is 0.0589 e. The molecule has 1 saturated carbocycles. The summed E-state index contributed by atoms with van der Waals surface area (Å²) < 4.78 is 0. The maximum absolute atomic E-state index is 9.62. The van der Waals surface area contributed by atoms with Gasteiger partial charge >= 0.3 is 0 Å². The summed E-state index contributed by atoms with van der Waals surface area (Å²) in [5.74, 6) is 0.646. The van der Waals surface area contributed by atoms with Crippen LogP contribution in [0.5, 0.6) is 0 Å². The molecule has 3 heteroatoms. The summed E-state index contributed by atoms with van der Waals surface area (Å²) in [5.41, 5.74) is 0.389. The van der Waals surface area contributed by atoms with Gasteiger partial charge in [0.1, 0.15) is 0 Å². The molecule has 2 unspecified atom stereocenters. The lowest BCUT2D eigenvalue weighted by molar-refractivity contribution is 0.0826. The summed E-state index contributed by atoms with van der Waals surface area (Å²) in [6.07, 6.45) is 6.43. The second-order valence-electron chi connectivity index (χ2n) is 6.85. The number of aliphatic hydroxyl groups excluding tert-OH is 1. The summed E-state index contributed by atoms with van der Waals surface area (Å²) in [7, 11) is 0. The van der Waals surface area contributed by atoms with Crippen LogP contribution < -0.4 is 5.32 Å². The molecule has 0 spiro atoms. The molecule has 0 radical (unpaired) electrons. The molecule has 2 atom stereocenters. The van der Waals surface area contributed by atoms with Crippen molar-refractivity contribution in [3.63, 3.8) is 0 Å². The average Bonchev–Trinajstić information content (AvgIpc) is 3.19. The molecule has 1 aliphatic heterocycles. The van der Waals surface area contributed by atoms with Crippen LogP contribution in [-0.2, 0) is 0 Å². The van der Waals surface area contributed by atoms with Crippen LogP contribution in [0.25, 0.3) is 0 Å². The Labute approximate surface area is 118 Å². The van der Waals surface area contributed by atoms with E-state index in [0.717, 1.165) is 25.7 Å². The highest BCUT2D eigenvalue weighted by Gasteiger charge is 2.37. The zero-order valence-corrected chi connectivity index (χ0v) is 13.0. The van der Waals surface area contributed by atoms with Crippen LogP contribution >= 0.6 is 0 Å². The zero-order valence-electron chi connectivity index (χ0n) is 13.0. The quantitative estimate of drug-likeness (QED) is 0.709. The molecular formula is C16H32N2O. The van der Waals surface area contributed by atoms with E-state index in [1.54, 1.807) is 0 Å². The minimum Gasteiger partial charge on any atom is -0.395 e. The van der Waals surface area contributed by atoms with E-state index in [4.69, 9.17) is 0 Å². The molecule has 1 saturated heterocycles. The molecule has 0 amide bonds. The fourth-order valence-corrected chi connectivity index (χ4v) is 3.44. The number of likely N-dealkylation sites (tertiary alicyclic amines) is 1. The molecule has 2 rings (SSSR count). The lowest BCUT2D eigenvalue weighted by Crippen LogP contribution is -2.47. The maximum atomic E-state index is 9.62. The van der Waals surface area contributed by atoms with Gasteiger partial charge in [0.2, 0.25) is 0 Å². The number of nitrogens with zero attached hydrogens (tertiary/aromatic N) is 1. The molecule has 112 valence electrons. The monoisotopic (exact) mass is 268 g/mol. The van der Waals surface area contributed by atoms with Gasteiger partial charge in [-0.1, -0.05) is 20.8 Å². The Hall–Kier alpha value is -0.120. The maximum Gasteiger partial charge on any atom is 0.0589 e. The second-order valence-corrected chi connectivity index (χ2v) is 6.85. The van der Waals surface area contributed by atoms with Crippen molar-refractivity contribution in [3.05, 3.63) is 0 Å². The van der Waals surface area contributed by atoms with Crippen molar-refractivity contribution in [2.24, 2.45) is 11.3 Å². The van der Waals surface area contributed by atoms with Gasteiger partial charge in [-0.25, -0.2) is 0 Å². The summed E-state index contributed by atoms with van der Waals surface area (Å²) in [5, 5.41) is 13.3. The lowest BCUT2D eigenvalue weighted by Gasteiger charge is -2.38. The van der Waals surface area contributed by atoms with E-state index in [-0.39, 0.29) is 0 Å². The van der Waals surface area contributed by atoms with E-state index in [1.807, 2.05) is 0 Å². The van der Waals surface area contributed by atoms with Crippen LogP contribution in [0, 0.1) is 11.3 Å². The molecule has 2 aliphatic rings. The van der Waals surface area contributed by atoms with Crippen molar-refractivity contribution < 1.29 is 5.11 Å². The number of nitrogens with one attached hydrogen (secondary N) is 1. The Morgan fingerprint density at radius 1 is 1.21 bits per heavy atom. The lowest BCUT2D eigenvalue weighted by atomic mass is 9.81. The third-order valence-electron chi connectivity index (χ3n) is 5.57. The number of aliphatic hydroxyl groups is 1. The van der Waals surface area contributed by atoms with Gasteiger partial charge in [0.15, 0.2) is 0 Å². The molecule has 2 fully saturated rings. The van der Waals surface area contributed by atoms with Gasteiger partial charge in [0.05, 0.1) is 6.61 Å². The highest BCUT2D eigenvalue weighted by atomic mass is 16.3. The van der Waals surface area contributed by atoms with E-state index >= 15 is 0 Å². The SMILES string of the molecule is CCC(CC)(CNC1CC1)CN1CCC(C)C1CO. The van der Waals surface area contributed by atoms with E-state index < -0.39 is 0 Å². The van der Waals surface area contributed by atoms with Crippen LogP contribution in [-0.4, -0.2) is 48.3 Å². The average molecular weight is 268 g/mol. The minimum atomic E-state index is 0.320. The first-order chi connectivity index (χ1) is 9.14. The number of rotatable bonds is 8. The van der Waals surface area contributed by atoms with Crippen molar-refractivity contribution in [3.8, 4) is 0 Å². The number of hydrogen-bond acceptors (Lipinski definition) is 3. The van der Waals surface area contributed by atoms with Crippen molar-refractivity contribution >= 4 is 0 Å². The first kappa shape index (κ1) is 15.3. The fourth-order valence-electron chi connectivity index (χ4n) is 3.44. The Balaban J connectivity index is 1.94. The first-order valence-corrected chi connectivity index (χ1v) is 8.22. The predicted octanol–water partition coefficient (Wildman–Crippen LogP) is 2.25. The standard InChI is InChI=1S/C16H32N2O/c1-4-16(5-2,11-17-14-6-7-14)12-18-9-8-13(3)15(18)10-19/h13-15,17,19H,4-12H2,1-3H3. The number of hydrogen-bond donors (Lipinski definition) is 2. The van der Waals surface area contributed by atoms with Gasteiger partial charge in [0.25, 0.3) is 0 Å². The molecular weight excluding hydrogens is 236 g/mol. The van der Waals surface area contributed by atoms with Crippen molar-refractivity contribution in [1.29, 1.82) is 0 Å². The normalized spacial score (nSPS) is 29.1. The molecule has 1 heterocycles. The van der Waals surface area contributed by atoms with Crippen molar-refractivity contribution in [2.45, 2.75) is 65.0 Å². The summed E-state index contributed by atoms with van der Waals surface area (Å²) >= 11 is 0. The third-order valence-corrected chi connectivity index (χ3v) is 5.57. The van der Waals surface area contributed by atoms with Crippen LogP contribution in [0.3, 0.4) is 0 Å². The molecule has 1 aliphatic carbocycles. The van der Waals surface area contributed by atoms with Crippen LogP contribution in [0.15, 0.2) is 0 Å². The Morgan fingerprint density at radius 2 is 1.89 bits per heavy atom. The van der Waals surface area contributed by atoms with Gasteiger partial charge in [-0.2, -0.15) is 0 Å². The summed E-state index contributed by atoms with van der Waals surface area (Å²) in [6, 6.07) is 1.18. The zero-order chi connectivity index (χ0) is 13.9. The second kappa shape index (κ2) is 6.55.